The first-order chi connectivity index (χ1) is 17.3. The van der Waals surface area contributed by atoms with E-state index in [9.17, 15) is 35.9 Å². The van der Waals surface area contributed by atoms with Gasteiger partial charge in [-0.2, -0.15) is 26.3 Å². The SMILES string of the molecule is CC(=O)OC[C@H]1CC[C@H](O[C@H](C)c2cccc(C(F)(F)F)c2C(F)(F)F)[C@@H](c2ccccc2C)[C@@H]1C=O. The van der Waals surface area contributed by atoms with Crippen molar-refractivity contribution in [2.75, 3.05) is 6.61 Å². The molecule has 2 aromatic rings. The van der Waals surface area contributed by atoms with Gasteiger partial charge in [-0.3, -0.25) is 4.79 Å². The van der Waals surface area contributed by atoms with E-state index in [1.165, 1.54) is 13.8 Å². The lowest BCUT2D eigenvalue weighted by Crippen LogP contribution is -2.41. The topological polar surface area (TPSA) is 52.6 Å². The van der Waals surface area contributed by atoms with Crippen molar-refractivity contribution in [2.24, 2.45) is 11.8 Å². The molecule has 1 aliphatic rings. The Balaban J connectivity index is 2.02. The summed E-state index contributed by atoms with van der Waals surface area (Å²) in [6.07, 6.45) is -11.2. The maximum absolute atomic E-state index is 13.8. The minimum absolute atomic E-state index is 0.00472. The van der Waals surface area contributed by atoms with E-state index in [2.05, 4.69) is 0 Å². The van der Waals surface area contributed by atoms with Crippen LogP contribution < -0.4 is 0 Å². The third kappa shape index (κ3) is 6.52. The average molecular weight is 531 g/mol. The largest absolute Gasteiger partial charge is 0.466 e. The second kappa shape index (κ2) is 11.2. The fourth-order valence-corrected chi connectivity index (χ4v) is 5.22. The molecule has 0 heterocycles. The minimum Gasteiger partial charge on any atom is -0.466 e. The summed E-state index contributed by atoms with van der Waals surface area (Å²) >= 11 is 0. The maximum atomic E-state index is 13.8. The molecule has 0 aromatic heterocycles. The van der Waals surface area contributed by atoms with Crippen molar-refractivity contribution >= 4 is 12.3 Å². The van der Waals surface area contributed by atoms with E-state index in [1.807, 2.05) is 13.0 Å². The summed E-state index contributed by atoms with van der Waals surface area (Å²) in [6.45, 7) is 4.34. The lowest BCUT2D eigenvalue weighted by Gasteiger charge is -2.42. The molecule has 1 aliphatic carbocycles. The number of esters is 1. The van der Waals surface area contributed by atoms with Gasteiger partial charge in [0.05, 0.1) is 29.9 Å². The molecular formula is C27H28F6O4. The van der Waals surface area contributed by atoms with Crippen molar-refractivity contribution < 1.29 is 45.4 Å². The Hall–Kier alpha value is -2.88. The molecule has 5 atom stereocenters. The van der Waals surface area contributed by atoms with Crippen molar-refractivity contribution in [3.8, 4) is 0 Å². The van der Waals surface area contributed by atoms with Crippen molar-refractivity contribution in [3.05, 3.63) is 70.3 Å². The van der Waals surface area contributed by atoms with E-state index in [0.717, 1.165) is 29.5 Å². The van der Waals surface area contributed by atoms with E-state index >= 15 is 0 Å². The number of ether oxygens (including phenoxy) is 2. The summed E-state index contributed by atoms with van der Waals surface area (Å²) in [5.74, 6) is -2.14. The number of carbonyl (C=O) groups excluding carboxylic acids is 2. The van der Waals surface area contributed by atoms with Crippen LogP contribution in [0, 0.1) is 18.8 Å². The van der Waals surface area contributed by atoms with Crippen LogP contribution in [0.2, 0.25) is 0 Å². The summed E-state index contributed by atoms with van der Waals surface area (Å²) in [4.78, 5) is 23.6. The fourth-order valence-electron chi connectivity index (χ4n) is 5.22. The van der Waals surface area contributed by atoms with Crippen LogP contribution in [0.5, 0.6) is 0 Å². The van der Waals surface area contributed by atoms with Gasteiger partial charge in [-0.05, 0) is 49.4 Å². The zero-order valence-electron chi connectivity index (χ0n) is 20.5. The highest BCUT2D eigenvalue weighted by atomic mass is 19.4. The molecule has 0 aliphatic heterocycles. The Morgan fingerprint density at radius 3 is 2.27 bits per heavy atom. The summed E-state index contributed by atoms with van der Waals surface area (Å²) in [5.41, 5.74) is -2.62. The normalized spacial score (nSPS) is 23.4. The van der Waals surface area contributed by atoms with Gasteiger partial charge in [-0.1, -0.05) is 36.4 Å². The number of alkyl halides is 6. The number of halogens is 6. The Bertz CT molecular complexity index is 1110. The molecule has 0 radical (unpaired) electrons. The van der Waals surface area contributed by atoms with Gasteiger partial charge in [-0.15, -0.1) is 0 Å². The Morgan fingerprint density at radius 2 is 1.70 bits per heavy atom. The molecule has 3 rings (SSSR count). The maximum Gasteiger partial charge on any atom is 0.417 e. The molecule has 0 unspecified atom stereocenters. The van der Waals surface area contributed by atoms with E-state index in [0.29, 0.717) is 18.9 Å². The van der Waals surface area contributed by atoms with Crippen LogP contribution in [0.15, 0.2) is 42.5 Å². The molecule has 10 heteroatoms. The van der Waals surface area contributed by atoms with E-state index in [1.54, 1.807) is 18.2 Å². The van der Waals surface area contributed by atoms with Crippen LogP contribution in [0.25, 0.3) is 0 Å². The zero-order valence-corrected chi connectivity index (χ0v) is 20.5. The van der Waals surface area contributed by atoms with Crippen molar-refractivity contribution in [3.63, 3.8) is 0 Å². The van der Waals surface area contributed by atoms with Gasteiger partial charge in [0.1, 0.15) is 6.29 Å². The number of aryl methyl sites for hydroxylation is 1. The number of hydrogen-bond donors (Lipinski definition) is 0. The first kappa shape index (κ1) is 28.7. The Labute approximate surface area is 211 Å². The van der Waals surface area contributed by atoms with Crippen LogP contribution in [0.4, 0.5) is 26.3 Å². The quantitative estimate of drug-likeness (QED) is 0.219. The number of rotatable bonds is 7. The van der Waals surface area contributed by atoms with Gasteiger partial charge in [0.25, 0.3) is 0 Å². The molecule has 202 valence electrons. The highest BCUT2D eigenvalue weighted by Crippen LogP contribution is 2.47. The number of benzene rings is 2. The lowest BCUT2D eigenvalue weighted by atomic mass is 9.67. The lowest BCUT2D eigenvalue weighted by molar-refractivity contribution is -0.164. The van der Waals surface area contributed by atoms with Crippen LogP contribution in [0.3, 0.4) is 0 Å². The molecule has 37 heavy (non-hydrogen) atoms. The summed E-state index contributed by atoms with van der Waals surface area (Å²) in [7, 11) is 0. The van der Waals surface area contributed by atoms with E-state index < -0.39 is 59.1 Å². The van der Waals surface area contributed by atoms with E-state index in [4.69, 9.17) is 9.47 Å². The smallest absolute Gasteiger partial charge is 0.417 e. The van der Waals surface area contributed by atoms with Gasteiger partial charge < -0.3 is 14.3 Å². The second-order valence-electron chi connectivity index (χ2n) is 9.32. The van der Waals surface area contributed by atoms with Gasteiger partial charge >= 0.3 is 18.3 Å². The van der Waals surface area contributed by atoms with Gasteiger partial charge in [0, 0.05) is 24.7 Å². The molecule has 0 saturated heterocycles. The molecule has 2 aromatic carbocycles. The highest BCUT2D eigenvalue weighted by Gasteiger charge is 2.47. The third-order valence-corrected chi connectivity index (χ3v) is 6.89. The molecule has 1 fully saturated rings. The van der Waals surface area contributed by atoms with Crippen LogP contribution >= 0.6 is 0 Å². The van der Waals surface area contributed by atoms with Crippen molar-refractivity contribution in [1.82, 2.24) is 0 Å². The molecule has 0 amide bonds. The molecule has 0 N–H and O–H groups in total. The molecule has 4 nitrogen and oxygen atoms in total. The van der Waals surface area contributed by atoms with Crippen LogP contribution in [-0.4, -0.2) is 25.0 Å². The number of aldehydes is 1. The Morgan fingerprint density at radius 1 is 1.03 bits per heavy atom. The highest BCUT2D eigenvalue weighted by molar-refractivity contribution is 5.66. The molecular weight excluding hydrogens is 502 g/mol. The predicted molar refractivity (Wildman–Crippen MR) is 123 cm³/mol. The van der Waals surface area contributed by atoms with Crippen molar-refractivity contribution in [1.29, 1.82) is 0 Å². The monoisotopic (exact) mass is 530 g/mol. The van der Waals surface area contributed by atoms with Crippen LogP contribution in [0.1, 0.15) is 66.5 Å². The van der Waals surface area contributed by atoms with Crippen LogP contribution in [-0.2, 0) is 31.4 Å². The summed E-state index contributed by atoms with van der Waals surface area (Å²) < 4.78 is 93.1. The van der Waals surface area contributed by atoms with E-state index in [-0.39, 0.29) is 12.5 Å². The second-order valence-corrected chi connectivity index (χ2v) is 9.32. The average Bonchev–Trinajstić information content (AvgIpc) is 2.81. The Kier molecular flexibility index (Phi) is 8.72. The fraction of sp³-hybridized carbons (Fsp3) is 0.481. The first-order valence-corrected chi connectivity index (χ1v) is 11.8. The first-order valence-electron chi connectivity index (χ1n) is 11.8. The molecule has 0 bridgehead atoms. The number of carbonyl (C=O) groups is 2. The predicted octanol–water partition coefficient (Wildman–Crippen LogP) is 7.05. The third-order valence-electron chi connectivity index (χ3n) is 6.89. The summed E-state index contributed by atoms with van der Waals surface area (Å²) in [5, 5.41) is 0. The molecule has 0 spiro atoms. The van der Waals surface area contributed by atoms with Gasteiger partial charge in [-0.25, -0.2) is 0 Å². The standard InChI is InChI=1S/C27H28F6O4/c1-15-7-4-5-8-19(15)24-21(13-34)18(14-36-17(3)35)11-12-23(24)37-16(2)20-9-6-10-22(26(28,29)30)25(20)27(31,32)33/h4-10,13,16,18,21,23-24H,11-12,14H2,1-3H3/t16-,18-,21-,23+,24+/m1/s1. The molecule has 1 saturated carbocycles. The minimum atomic E-state index is -5.26. The number of hydrogen-bond acceptors (Lipinski definition) is 4. The van der Waals surface area contributed by atoms with Crippen molar-refractivity contribution in [2.45, 2.75) is 64.1 Å². The van der Waals surface area contributed by atoms with Gasteiger partial charge in [0.2, 0.25) is 0 Å². The van der Waals surface area contributed by atoms with Gasteiger partial charge in [0.15, 0.2) is 0 Å². The zero-order chi connectivity index (χ0) is 27.5. The summed E-state index contributed by atoms with van der Waals surface area (Å²) in [6, 6.07) is 9.47.